The minimum atomic E-state index is -3.41. The summed E-state index contributed by atoms with van der Waals surface area (Å²) in [6.45, 7) is 0. The van der Waals surface area contributed by atoms with Gasteiger partial charge in [0.1, 0.15) is 5.82 Å². The second-order valence-corrected chi connectivity index (χ2v) is 2.80. The lowest BCUT2D eigenvalue weighted by Crippen LogP contribution is -2.10. The third-order valence-electron chi connectivity index (χ3n) is 1.66. The van der Waals surface area contributed by atoms with Gasteiger partial charge in [-0.2, -0.15) is 8.78 Å². The van der Waals surface area contributed by atoms with Gasteiger partial charge < -0.3 is 5.11 Å². The quantitative estimate of drug-likeness (QED) is 0.788. The summed E-state index contributed by atoms with van der Waals surface area (Å²) in [5.74, 6) is -5.50. The number of hydrogen-bond donors (Lipinski definition) is 1. The lowest BCUT2D eigenvalue weighted by atomic mass is 10.1. The summed E-state index contributed by atoms with van der Waals surface area (Å²) in [4.78, 5) is 10.1. The molecule has 1 N–H and O–H groups in total. The predicted molar refractivity (Wildman–Crippen MR) is 47.1 cm³/mol. The number of benzene rings is 1. The first-order valence-corrected chi connectivity index (χ1v) is 3.98. The minimum absolute atomic E-state index is 0.253. The zero-order valence-electron chi connectivity index (χ0n) is 7.45. The van der Waals surface area contributed by atoms with E-state index in [4.69, 9.17) is 5.11 Å². The van der Waals surface area contributed by atoms with Crippen LogP contribution >= 0.6 is 0 Å². The molecule has 1 rings (SSSR count). The number of allylic oxidation sites excluding steroid dienone is 1. The molecule has 0 heterocycles. The van der Waals surface area contributed by atoms with Crippen LogP contribution in [0, 0.1) is 5.82 Å². The van der Waals surface area contributed by atoms with Crippen LogP contribution in [0.1, 0.15) is 5.56 Å². The van der Waals surface area contributed by atoms with Crippen LogP contribution in [0.25, 0.3) is 0 Å². The Balaban J connectivity index is 2.95. The molecule has 0 amide bonds. The maximum Gasteiger partial charge on any atom is 0.328 e. The summed E-state index contributed by atoms with van der Waals surface area (Å²) in [6.07, 6.45) is 0.603. The van der Waals surface area contributed by atoms with Gasteiger partial charge in [0.2, 0.25) is 0 Å². The number of carbonyl (C=O) groups is 1. The summed E-state index contributed by atoms with van der Waals surface area (Å²) in [5, 5.41) is 8.19. The molecule has 5 heteroatoms. The van der Waals surface area contributed by atoms with E-state index in [0.717, 1.165) is 24.3 Å². The summed E-state index contributed by atoms with van der Waals surface area (Å²) < 4.78 is 38.8. The highest BCUT2D eigenvalue weighted by Crippen LogP contribution is 2.29. The van der Waals surface area contributed by atoms with Crippen molar-refractivity contribution in [2.75, 3.05) is 0 Å². The maximum atomic E-state index is 13.2. The van der Waals surface area contributed by atoms with Crippen LogP contribution in [0.2, 0.25) is 0 Å². The van der Waals surface area contributed by atoms with Gasteiger partial charge in [0.05, 0.1) is 0 Å². The van der Waals surface area contributed by atoms with Gasteiger partial charge in [0.15, 0.2) is 0 Å². The third-order valence-corrected chi connectivity index (χ3v) is 1.66. The Morgan fingerprint density at radius 2 is 1.80 bits per heavy atom. The SMILES string of the molecule is O=C(O)/C=C/C(F)(F)c1ccc(F)cc1. The van der Waals surface area contributed by atoms with Crippen LogP contribution in [0.3, 0.4) is 0 Å². The molecule has 80 valence electrons. The topological polar surface area (TPSA) is 37.3 Å². The van der Waals surface area contributed by atoms with Gasteiger partial charge >= 0.3 is 5.97 Å². The van der Waals surface area contributed by atoms with Gasteiger partial charge in [0, 0.05) is 11.6 Å². The molecule has 1 aromatic carbocycles. The second-order valence-electron chi connectivity index (χ2n) is 2.80. The van der Waals surface area contributed by atoms with E-state index in [1.165, 1.54) is 0 Å². The molecule has 15 heavy (non-hydrogen) atoms. The largest absolute Gasteiger partial charge is 0.478 e. The van der Waals surface area contributed by atoms with Crippen molar-refractivity contribution in [3.63, 3.8) is 0 Å². The average molecular weight is 216 g/mol. The number of halogens is 3. The zero-order chi connectivity index (χ0) is 11.5. The molecule has 0 atom stereocenters. The van der Waals surface area contributed by atoms with Crippen molar-refractivity contribution in [3.05, 3.63) is 47.8 Å². The van der Waals surface area contributed by atoms with E-state index < -0.39 is 23.3 Å². The van der Waals surface area contributed by atoms with Gasteiger partial charge in [-0.25, -0.2) is 9.18 Å². The standard InChI is InChI=1S/C10H7F3O2/c11-8-3-1-7(2-4-8)10(12,13)6-5-9(14)15/h1-6H,(H,14,15)/b6-5+. The first-order chi connectivity index (χ1) is 6.92. The molecule has 1 aromatic rings. The summed E-state index contributed by atoms with van der Waals surface area (Å²) in [6, 6.07) is 3.58. The van der Waals surface area contributed by atoms with E-state index in [-0.39, 0.29) is 6.08 Å². The van der Waals surface area contributed by atoms with E-state index in [0.29, 0.717) is 6.08 Å². The molecule has 0 bridgehead atoms. The van der Waals surface area contributed by atoms with Crippen molar-refractivity contribution in [1.29, 1.82) is 0 Å². The molecule has 0 spiro atoms. The van der Waals surface area contributed by atoms with Gasteiger partial charge in [-0.15, -0.1) is 0 Å². The molecule has 0 saturated carbocycles. The molecular formula is C10H7F3O2. The highest BCUT2D eigenvalue weighted by Gasteiger charge is 2.27. The fourth-order valence-electron chi connectivity index (χ4n) is 0.944. The predicted octanol–water partition coefficient (Wildman–Crippen LogP) is 2.56. The van der Waals surface area contributed by atoms with E-state index in [9.17, 15) is 18.0 Å². The highest BCUT2D eigenvalue weighted by atomic mass is 19.3. The molecule has 0 aliphatic heterocycles. The second kappa shape index (κ2) is 4.16. The Morgan fingerprint density at radius 1 is 1.27 bits per heavy atom. The lowest BCUT2D eigenvalue weighted by Gasteiger charge is -2.11. The number of carboxylic acid groups (broad SMARTS) is 1. The Morgan fingerprint density at radius 3 is 2.27 bits per heavy atom. The van der Waals surface area contributed by atoms with Crippen LogP contribution < -0.4 is 0 Å². The number of aliphatic carboxylic acids is 1. The molecular weight excluding hydrogens is 209 g/mol. The van der Waals surface area contributed by atoms with Crippen molar-refractivity contribution in [1.82, 2.24) is 0 Å². The number of alkyl halides is 2. The number of carboxylic acids is 1. The average Bonchev–Trinajstić information content (AvgIpc) is 2.16. The Hall–Kier alpha value is -1.78. The summed E-state index contributed by atoms with van der Waals surface area (Å²) in [7, 11) is 0. The van der Waals surface area contributed by atoms with E-state index in [1.807, 2.05) is 0 Å². The normalized spacial score (nSPS) is 11.9. The van der Waals surface area contributed by atoms with Crippen molar-refractivity contribution in [2.45, 2.75) is 5.92 Å². The van der Waals surface area contributed by atoms with E-state index in [2.05, 4.69) is 0 Å². The Bertz CT molecular complexity index is 382. The highest BCUT2D eigenvalue weighted by molar-refractivity contribution is 5.79. The van der Waals surface area contributed by atoms with Crippen LogP contribution in [-0.2, 0) is 10.7 Å². The Labute approximate surface area is 83.7 Å². The summed E-state index contributed by atoms with van der Waals surface area (Å²) in [5.41, 5.74) is -0.457. The van der Waals surface area contributed by atoms with Crippen molar-refractivity contribution >= 4 is 5.97 Å². The molecule has 0 fully saturated rings. The number of hydrogen-bond acceptors (Lipinski definition) is 1. The van der Waals surface area contributed by atoms with Gasteiger partial charge in [-0.05, 0) is 30.3 Å². The third kappa shape index (κ3) is 3.12. The Kier molecular flexibility index (Phi) is 3.14. The van der Waals surface area contributed by atoms with Crippen molar-refractivity contribution < 1.29 is 23.1 Å². The zero-order valence-corrected chi connectivity index (χ0v) is 7.45. The molecule has 0 saturated heterocycles. The maximum absolute atomic E-state index is 13.2. The number of rotatable bonds is 3. The van der Waals surface area contributed by atoms with Gasteiger partial charge in [0.25, 0.3) is 5.92 Å². The van der Waals surface area contributed by atoms with Crippen LogP contribution in [0.15, 0.2) is 36.4 Å². The first kappa shape index (κ1) is 11.3. The van der Waals surface area contributed by atoms with E-state index >= 15 is 0 Å². The van der Waals surface area contributed by atoms with Crippen molar-refractivity contribution in [2.24, 2.45) is 0 Å². The minimum Gasteiger partial charge on any atom is -0.478 e. The molecule has 0 unspecified atom stereocenters. The molecule has 0 aliphatic rings. The van der Waals surface area contributed by atoms with Gasteiger partial charge in [-0.1, -0.05) is 0 Å². The molecule has 0 radical (unpaired) electrons. The van der Waals surface area contributed by atoms with Crippen molar-refractivity contribution in [3.8, 4) is 0 Å². The first-order valence-electron chi connectivity index (χ1n) is 3.98. The smallest absolute Gasteiger partial charge is 0.328 e. The van der Waals surface area contributed by atoms with E-state index in [1.54, 1.807) is 0 Å². The van der Waals surface area contributed by atoms with Crippen LogP contribution in [0.5, 0.6) is 0 Å². The van der Waals surface area contributed by atoms with Crippen LogP contribution in [0.4, 0.5) is 13.2 Å². The molecule has 0 aliphatic carbocycles. The van der Waals surface area contributed by atoms with Gasteiger partial charge in [-0.3, -0.25) is 0 Å². The summed E-state index contributed by atoms with van der Waals surface area (Å²) >= 11 is 0. The molecule has 2 nitrogen and oxygen atoms in total. The fraction of sp³-hybridized carbons (Fsp3) is 0.100. The lowest BCUT2D eigenvalue weighted by molar-refractivity contribution is -0.131. The monoisotopic (exact) mass is 216 g/mol. The fourth-order valence-corrected chi connectivity index (χ4v) is 0.944. The molecule has 0 aromatic heterocycles. The van der Waals surface area contributed by atoms with Crippen LogP contribution in [-0.4, -0.2) is 11.1 Å².